The van der Waals surface area contributed by atoms with E-state index in [-0.39, 0.29) is 12.1 Å². The molecule has 1 fully saturated rings. The summed E-state index contributed by atoms with van der Waals surface area (Å²) in [4.78, 5) is 22.8. The van der Waals surface area contributed by atoms with E-state index in [2.05, 4.69) is 11.4 Å². The molecule has 1 aliphatic rings. The van der Waals surface area contributed by atoms with Crippen molar-refractivity contribution >= 4 is 12.4 Å². The third-order valence-corrected chi connectivity index (χ3v) is 3.91. The van der Waals surface area contributed by atoms with Crippen molar-refractivity contribution in [3.05, 3.63) is 35.4 Å². The first-order valence-electron chi connectivity index (χ1n) is 7.92. The van der Waals surface area contributed by atoms with Crippen molar-refractivity contribution in [2.75, 3.05) is 0 Å². The van der Waals surface area contributed by atoms with Crippen LogP contribution < -0.4 is 5.32 Å². The van der Waals surface area contributed by atoms with Crippen molar-refractivity contribution in [3.8, 4) is 0 Å². The molecule has 0 heterocycles. The first kappa shape index (κ1) is 16.5. The molecule has 1 amide bonds. The predicted octanol–water partition coefficient (Wildman–Crippen LogP) is 4.05. The average molecular weight is 303 g/mol. The molecule has 1 aliphatic carbocycles. The summed E-state index contributed by atoms with van der Waals surface area (Å²) in [6, 6.07) is 7.88. The number of aldehydes is 1. The minimum atomic E-state index is -0.476. The van der Waals surface area contributed by atoms with E-state index in [4.69, 9.17) is 4.74 Å². The van der Waals surface area contributed by atoms with Gasteiger partial charge in [-0.05, 0) is 57.6 Å². The van der Waals surface area contributed by atoms with Crippen molar-refractivity contribution in [2.45, 2.75) is 64.0 Å². The second-order valence-corrected chi connectivity index (χ2v) is 6.99. The normalized spacial score (nSPS) is 22.0. The zero-order valence-corrected chi connectivity index (χ0v) is 13.6. The summed E-state index contributed by atoms with van der Waals surface area (Å²) in [5.74, 6) is 0.383. The molecular weight excluding hydrogens is 278 g/mol. The van der Waals surface area contributed by atoms with E-state index >= 15 is 0 Å². The Morgan fingerprint density at radius 1 is 1.32 bits per heavy atom. The van der Waals surface area contributed by atoms with E-state index in [0.29, 0.717) is 11.5 Å². The van der Waals surface area contributed by atoms with Crippen LogP contribution in [-0.2, 0) is 4.74 Å². The lowest BCUT2D eigenvalue weighted by Crippen LogP contribution is -2.41. The molecule has 0 saturated heterocycles. The highest BCUT2D eigenvalue weighted by atomic mass is 16.6. The largest absolute Gasteiger partial charge is 0.444 e. The van der Waals surface area contributed by atoms with Crippen molar-refractivity contribution in [2.24, 2.45) is 0 Å². The maximum Gasteiger partial charge on any atom is 0.407 e. The second kappa shape index (κ2) is 6.95. The van der Waals surface area contributed by atoms with E-state index in [0.717, 1.165) is 32.0 Å². The molecule has 1 aromatic carbocycles. The number of rotatable bonds is 3. The molecule has 4 heteroatoms. The molecule has 120 valence electrons. The van der Waals surface area contributed by atoms with E-state index < -0.39 is 5.60 Å². The van der Waals surface area contributed by atoms with E-state index in [9.17, 15) is 9.59 Å². The van der Waals surface area contributed by atoms with E-state index in [1.54, 1.807) is 0 Å². The van der Waals surface area contributed by atoms with Gasteiger partial charge in [0, 0.05) is 11.6 Å². The number of amides is 1. The summed E-state index contributed by atoms with van der Waals surface area (Å²) in [6.45, 7) is 5.59. The van der Waals surface area contributed by atoms with Crippen LogP contribution in [-0.4, -0.2) is 24.0 Å². The van der Waals surface area contributed by atoms with Gasteiger partial charge in [0.2, 0.25) is 0 Å². The number of hydrogen-bond acceptors (Lipinski definition) is 3. The summed E-state index contributed by atoms with van der Waals surface area (Å²) in [7, 11) is 0. The molecule has 0 aromatic heterocycles. The fourth-order valence-corrected chi connectivity index (χ4v) is 2.98. The van der Waals surface area contributed by atoms with Gasteiger partial charge in [-0.25, -0.2) is 4.79 Å². The fourth-order valence-electron chi connectivity index (χ4n) is 2.98. The van der Waals surface area contributed by atoms with Crippen LogP contribution in [0.5, 0.6) is 0 Å². The number of hydrogen-bond donors (Lipinski definition) is 1. The highest BCUT2D eigenvalue weighted by Crippen LogP contribution is 2.33. The van der Waals surface area contributed by atoms with Gasteiger partial charge in [-0.15, -0.1) is 0 Å². The molecule has 0 bridgehead atoms. The van der Waals surface area contributed by atoms with Crippen LogP contribution in [0.4, 0.5) is 4.79 Å². The molecule has 4 nitrogen and oxygen atoms in total. The molecular formula is C18H25NO3. The zero-order valence-electron chi connectivity index (χ0n) is 13.6. The molecule has 2 unspecified atom stereocenters. The molecule has 0 spiro atoms. The molecule has 1 aromatic rings. The van der Waals surface area contributed by atoms with Crippen molar-refractivity contribution in [1.82, 2.24) is 5.32 Å². The van der Waals surface area contributed by atoms with Crippen molar-refractivity contribution in [1.29, 1.82) is 0 Å². The van der Waals surface area contributed by atoms with Crippen LogP contribution >= 0.6 is 0 Å². The van der Waals surface area contributed by atoms with Gasteiger partial charge in [0.15, 0.2) is 0 Å². The van der Waals surface area contributed by atoms with Crippen LogP contribution in [0.1, 0.15) is 68.3 Å². The van der Waals surface area contributed by atoms with Gasteiger partial charge < -0.3 is 10.1 Å². The number of carbonyl (C=O) groups excluding carboxylic acids is 2. The molecule has 2 rings (SSSR count). The summed E-state index contributed by atoms with van der Waals surface area (Å²) in [5, 5.41) is 2.97. The first-order valence-corrected chi connectivity index (χ1v) is 7.92. The number of ether oxygens (including phenoxy) is 1. The Balaban J connectivity index is 1.96. The number of nitrogens with one attached hydrogen (secondary N) is 1. The van der Waals surface area contributed by atoms with E-state index in [1.165, 1.54) is 5.56 Å². The lowest BCUT2D eigenvalue weighted by molar-refractivity contribution is 0.0490. The maximum absolute atomic E-state index is 11.9. The maximum atomic E-state index is 11.9. The number of carbonyl (C=O) groups is 2. The fraction of sp³-hybridized carbons (Fsp3) is 0.556. The number of benzene rings is 1. The summed E-state index contributed by atoms with van der Waals surface area (Å²) < 4.78 is 5.32. The van der Waals surface area contributed by atoms with Crippen molar-refractivity contribution < 1.29 is 14.3 Å². The average Bonchev–Trinajstić information content (AvgIpc) is 2.45. The lowest BCUT2D eigenvalue weighted by Gasteiger charge is -2.31. The Hall–Kier alpha value is -1.84. The monoisotopic (exact) mass is 303 g/mol. The van der Waals surface area contributed by atoms with Gasteiger partial charge in [-0.3, -0.25) is 4.79 Å². The van der Waals surface area contributed by atoms with Gasteiger partial charge >= 0.3 is 6.09 Å². The third kappa shape index (κ3) is 4.86. The third-order valence-electron chi connectivity index (χ3n) is 3.91. The van der Waals surface area contributed by atoms with Gasteiger partial charge in [0.1, 0.15) is 11.9 Å². The molecule has 22 heavy (non-hydrogen) atoms. The van der Waals surface area contributed by atoms with E-state index in [1.807, 2.05) is 39.0 Å². The highest BCUT2D eigenvalue weighted by molar-refractivity contribution is 5.75. The minimum Gasteiger partial charge on any atom is -0.444 e. The molecule has 1 saturated carbocycles. The molecule has 2 atom stereocenters. The Bertz CT molecular complexity index is 533. The standard InChI is InChI=1S/C18H25NO3/c1-18(2,3)22-17(21)19-16-9-5-8-15(11-16)14-7-4-6-13(10-14)12-20/h4,6-7,10,12,15-16H,5,8-9,11H2,1-3H3,(H,19,21). The van der Waals surface area contributed by atoms with Gasteiger partial charge in [0.25, 0.3) is 0 Å². The Morgan fingerprint density at radius 3 is 2.77 bits per heavy atom. The lowest BCUT2D eigenvalue weighted by atomic mass is 9.81. The van der Waals surface area contributed by atoms with Crippen LogP contribution in [0.2, 0.25) is 0 Å². The quantitative estimate of drug-likeness (QED) is 0.857. The SMILES string of the molecule is CC(C)(C)OC(=O)NC1CCCC(c2cccc(C=O)c2)C1. The summed E-state index contributed by atoms with van der Waals surface area (Å²) >= 11 is 0. The smallest absolute Gasteiger partial charge is 0.407 e. The Kier molecular flexibility index (Phi) is 5.22. The summed E-state index contributed by atoms with van der Waals surface area (Å²) in [5.41, 5.74) is 1.41. The Morgan fingerprint density at radius 2 is 2.09 bits per heavy atom. The molecule has 1 N–H and O–H groups in total. The van der Waals surface area contributed by atoms with Gasteiger partial charge in [-0.2, -0.15) is 0 Å². The second-order valence-electron chi connectivity index (χ2n) is 6.99. The van der Waals surface area contributed by atoms with Gasteiger partial charge in [-0.1, -0.05) is 24.6 Å². The number of alkyl carbamates (subject to hydrolysis) is 1. The van der Waals surface area contributed by atoms with Gasteiger partial charge in [0.05, 0.1) is 0 Å². The Labute approximate surface area is 132 Å². The first-order chi connectivity index (χ1) is 10.4. The zero-order chi connectivity index (χ0) is 16.2. The predicted molar refractivity (Wildman–Crippen MR) is 86.2 cm³/mol. The molecule has 0 aliphatic heterocycles. The topological polar surface area (TPSA) is 55.4 Å². The van der Waals surface area contributed by atoms with Crippen LogP contribution in [0.3, 0.4) is 0 Å². The highest BCUT2D eigenvalue weighted by Gasteiger charge is 2.26. The van der Waals surface area contributed by atoms with Crippen molar-refractivity contribution in [3.63, 3.8) is 0 Å². The summed E-state index contributed by atoms with van der Waals surface area (Å²) in [6.07, 6.45) is 4.55. The molecule has 0 radical (unpaired) electrons. The minimum absolute atomic E-state index is 0.133. The van der Waals surface area contributed by atoms with Crippen LogP contribution in [0.25, 0.3) is 0 Å². The van der Waals surface area contributed by atoms with Crippen LogP contribution in [0.15, 0.2) is 24.3 Å². The van der Waals surface area contributed by atoms with Crippen LogP contribution in [0, 0.1) is 0 Å².